The fraction of sp³-hybridized carbons (Fsp3) is 0.667. The molecular formula is C18H26ClN3O3. The fourth-order valence-electron chi connectivity index (χ4n) is 3.34. The molecule has 0 aromatic carbocycles. The van der Waals surface area contributed by atoms with Gasteiger partial charge in [-0.2, -0.15) is 5.10 Å². The number of amides is 1. The number of aryl methyl sites for hydroxylation is 1. The monoisotopic (exact) mass is 367 g/mol. The Bertz CT molecular complexity index is 653. The van der Waals surface area contributed by atoms with Crippen molar-refractivity contribution in [2.45, 2.75) is 45.9 Å². The van der Waals surface area contributed by atoms with Gasteiger partial charge in [0.1, 0.15) is 5.15 Å². The Kier molecular flexibility index (Phi) is 5.51. The summed E-state index contributed by atoms with van der Waals surface area (Å²) in [5.41, 5.74) is 1.65. The van der Waals surface area contributed by atoms with E-state index in [0.717, 1.165) is 30.6 Å². The van der Waals surface area contributed by atoms with Crippen LogP contribution in [0.15, 0.2) is 6.08 Å². The van der Waals surface area contributed by atoms with Gasteiger partial charge in [0.15, 0.2) is 5.79 Å². The number of piperidine rings is 1. The SMILES string of the molecule is Cc1nn(CC(C)C)c(Cl)c1/C=C/C(=O)N1CCC2(CC1)OCCO2. The number of aromatic nitrogens is 2. The average Bonchev–Trinajstić information content (AvgIpc) is 3.12. The molecule has 1 aromatic heterocycles. The summed E-state index contributed by atoms with van der Waals surface area (Å²) in [6.07, 6.45) is 4.80. The van der Waals surface area contributed by atoms with E-state index >= 15 is 0 Å². The van der Waals surface area contributed by atoms with Crippen LogP contribution in [0.2, 0.25) is 5.15 Å². The van der Waals surface area contributed by atoms with Gasteiger partial charge in [0.2, 0.25) is 5.91 Å². The van der Waals surface area contributed by atoms with Crippen LogP contribution in [-0.2, 0) is 20.8 Å². The maximum absolute atomic E-state index is 12.5. The average molecular weight is 368 g/mol. The number of halogens is 1. The molecule has 0 N–H and O–H groups in total. The summed E-state index contributed by atoms with van der Waals surface area (Å²) in [5.74, 6) is -0.0193. The zero-order chi connectivity index (χ0) is 18.0. The highest BCUT2D eigenvalue weighted by atomic mass is 35.5. The number of rotatable bonds is 4. The van der Waals surface area contributed by atoms with E-state index in [1.54, 1.807) is 16.8 Å². The van der Waals surface area contributed by atoms with E-state index in [-0.39, 0.29) is 5.91 Å². The number of carbonyl (C=O) groups is 1. The van der Waals surface area contributed by atoms with Crippen LogP contribution in [0.1, 0.15) is 37.9 Å². The van der Waals surface area contributed by atoms with Crippen molar-refractivity contribution < 1.29 is 14.3 Å². The molecule has 0 aliphatic carbocycles. The lowest BCUT2D eigenvalue weighted by Gasteiger charge is -2.37. The number of hydrogen-bond acceptors (Lipinski definition) is 4. The summed E-state index contributed by atoms with van der Waals surface area (Å²) in [6.45, 7) is 9.48. The lowest BCUT2D eigenvalue weighted by Crippen LogP contribution is -2.46. The van der Waals surface area contributed by atoms with Gasteiger partial charge in [-0.1, -0.05) is 25.4 Å². The van der Waals surface area contributed by atoms with Gasteiger partial charge in [0.05, 0.1) is 18.9 Å². The molecule has 0 bridgehead atoms. The number of likely N-dealkylation sites (tertiary alicyclic amines) is 1. The number of nitrogens with zero attached hydrogens (tertiary/aromatic N) is 3. The molecule has 3 rings (SSSR count). The van der Waals surface area contributed by atoms with Crippen molar-refractivity contribution in [3.8, 4) is 0 Å². The van der Waals surface area contributed by atoms with Crippen molar-refractivity contribution in [1.29, 1.82) is 0 Å². The summed E-state index contributed by atoms with van der Waals surface area (Å²) < 4.78 is 13.2. The Morgan fingerprint density at radius 3 is 2.56 bits per heavy atom. The maximum atomic E-state index is 12.5. The second kappa shape index (κ2) is 7.48. The zero-order valence-corrected chi connectivity index (χ0v) is 15.9. The van der Waals surface area contributed by atoms with E-state index in [1.165, 1.54) is 0 Å². The van der Waals surface area contributed by atoms with Crippen molar-refractivity contribution in [3.63, 3.8) is 0 Å². The Morgan fingerprint density at radius 1 is 1.32 bits per heavy atom. The molecule has 6 nitrogen and oxygen atoms in total. The van der Waals surface area contributed by atoms with Gasteiger partial charge >= 0.3 is 0 Å². The molecule has 2 aliphatic rings. The minimum atomic E-state index is -0.460. The molecule has 2 aliphatic heterocycles. The van der Waals surface area contributed by atoms with Crippen LogP contribution in [0.5, 0.6) is 0 Å². The molecule has 2 fully saturated rings. The minimum absolute atomic E-state index is 0.0140. The van der Waals surface area contributed by atoms with E-state index < -0.39 is 5.79 Å². The van der Waals surface area contributed by atoms with Crippen LogP contribution in [0.3, 0.4) is 0 Å². The minimum Gasteiger partial charge on any atom is -0.347 e. The van der Waals surface area contributed by atoms with Gasteiger partial charge < -0.3 is 14.4 Å². The number of carbonyl (C=O) groups excluding carboxylic acids is 1. The molecule has 0 atom stereocenters. The predicted molar refractivity (Wildman–Crippen MR) is 96.3 cm³/mol. The Labute approximate surface area is 153 Å². The molecule has 0 saturated carbocycles. The molecule has 2 saturated heterocycles. The second-order valence-electron chi connectivity index (χ2n) is 7.13. The highest BCUT2D eigenvalue weighted by Crippen LogP contribution is 2.31. The molecule has 1 spiro atoms. The van der Waals surface area contributed by atoms with Crippen molar-refractivity contribution in [2.24, 2.45) is 5.92 Å². The summed E-state index contributed by atoms with van der Waals surface area (Å²) in [5, 5.41) is 5.05. The molecule has 0 radical (unpaired) electrons. The third-order valence-corrected chi connectivity index (χ3v) is 5.09. The molecular weight excluding hydrogens is 342 g/mol. The van der Waals surface area contributed by atoms with Gasteiger partial charge in [-0.15, -0.1) is 0 Å². The smallest absolute Gasteiger partial charge is 0.246 e. The number of ether oxygens (including phenoxy) is 2. The highest BCUT2D eigenvalue weighted by molar-refractivity contribution is 6.31. The van der Waals surface area contributed by atoms with Crippen LogP contribution in [0.4, 0.5) is 0 Å². The van der Waals surface area contributed by atoms with Gasteiger partial charge in [0, 0.05) is 44.1 Å². The van der Waals surface area contributed by atoms with Gasteiger partial charge in [-0.3, -0.25) is 9.48 Å². The van der Waals surface area contributed by atoms with E-state index in [9.17, 15) is 4.79 Å². The van der Waals surface area contributed by atoms with Crippen molar-refractivity contribution in [2.75, 3.05) is 26.3 Å². The first-order chi connectivity index (χ1) is 11.9. The van der Waals surface area contributed by atoms with Crippen LogP contribution >= 0.6 is 11.6 Å². The zero-order valence-electron chi connectivity index (χ0n) is 15.1. The summed E-state index contributed by atoms with van der Waals surface area (Å²) in [7, 11) is 0. The first kappa shape index (κ1) is 18.4. The molecule has 1 aromatic rings. The third kappa shape index (κ3) is 4.07. The summed E-state index contributed by atoms with van der Waals surface area (Å²) in [4.78, 5) is 14.3. The summed E-state index contributed by atoms with van der Waals surface area (Å²) >= 11 is 6.42. The molecule has 3 heterocycles. The Hall–Kier alpha value is -1.37. The van der Waals surface area contributed by atoms with Crippen LogP contribution in [0, 0.1) is 12.8 Å². The van der Waals surface area contributed by atoms with Crippen molar-refractivity contribution in [1.82, 2.24) is 14.7 Å². The molecule has 7 heteroatoms. The molecule has 1 amide bonds. The van der Waals surface area contributed by atoms with E-state index in [1.807, 2.05) is 11.8 Å². The maximum Gasteiger partial charge on any atom is 0.246 e. The largest absolute Gasteiger partial charge is 0.347 e. The van der Waals surface area contributed by atoms with Crippen molar-refractivity contribution in [3.05, 3.63) is 22.5 Å². The first-order valence-corrected chi connectivity index (χ1v) is 9.26. The topological polar surface area (TPSA) is 56.6 Å². The lowest BCUT2D eigenvalue weighted by atomic mass is 10.0. The third-order valence-electron chi connectivity index (χ3n) is 4.69. The number of hydrogen-bond donors (Lipinski definition) is 0. The van der Waals surface area contributed by atoms with Crippen LogP contribution in [-0.4, -0.2) is 52.7 Å². The van der Waals surface area contributed by atoms with Crippen molar-refractivity contribution >= 4 is 23.6 Å². The van der Waals surface area contributed by atoms with E-state index in [2.05, 4.69) is 18.9 Å². The molecule has 25 heavy (non-hydrogen) atoms. The lowest BCUT2D eigenvalue weighted by molar-refractivity contribution is -0.186. The second-order valence-corrected chi connectivity index (χ2v) is 7.49. The summed E-state index contributed by atoms with van der Waals surface area (Å²) in [6, 6.07) is 0. The standard InChI is InChI=1S/C18H26ClN3O3/c1-13(2)12-22-17(19)15(14(3)20-22)4-5-16(23)21-8-6-18(7-9-21)24-10-11-25-18/h4-5,13H,6-12H2,1-3H3/b5-4+. The van der Waals surface area contributed by atoms with Gasteiger partial charge in [0.25, 0.3) is 0 Å². The predicted octanol–water partition coefficient (Wildman–Crippen LogP) is 2.88. The fourth-order valence-corrected chi connectivity index (χ4v) is 3.64. The van der Waals surface area contributed by atoms with Crippen LogP contribution in [0.25, 0.3) is 6.08 Å². The van der Waals surface area contributed by atoms with E-state index in [0.29, 0.717) is 37.4 Å². The highest BCUT2D eigenvalue weighted by Gasteiger charge is 2.40. The quantitative estimate of drug-likeness (QED) is 0.768. The molecule has 138 valence electrons. The van der Waals surface area contributed by atoms with Gasteiger partial charge in [-0.25, -0.2) is 0 Å². The molecule has 0 unspecified atom stereocenters. The first-order valence-electron chi connectivity index (χ1n) is 8.88. The van der Waals surface area contributed by atoms with Gasteiger partial charge in [-0.05, 0) is 18.9 Å². The normalized spacial score (nSPS) is 20.3. The van der Waals surface area contributed by atoms with Crippen LogP contribution < -0.4 is 0 Å². The van der Waals surface area contributed by atoms with E-state index in [4.69, 9.17) is 21.1 Å². The Balaban J connectivity index is 1.62. The Morgan fingerprint density at radius 2 is 1.96 bits per heavy atom.